The zero-order valence-electron chi connectivity index (χ0n) is 35.1. The molecule has 0 bridgehead atoms. The van der Waals surface area contributed by atoms with E-state index in [2.05, 4.69) is 108 Å². The van der Waals surface area contributed by atoms with Crippen LogP contribution in [-0.2, 0) is 0 Å². The topological polar surface area (TPSA) is 89.1 Å². The first-order chi connectivity index (χ1) is 30.9. The molecule has 0 radical (unpaired) electrons. The molecule has 0 spiro atoms. The van der Waals surface area contributed by atoms with Crippen molar-refractivity contribution in [3.05, 3.63) is 187 Å². The molecule has 9 heteroatoms. The zero-order valence-corrected chi connectivity index (χ0v) is 35.1. The normalized spacial score (nSPS) is 11.5. The molecular weight excluding hydrogens is 781 g/mol. The highest BCUT2D eigenvalue weighted by atomic mass is 16.5. The van der Waals surface area contributed by atoms with E-state index in [0.717, 1.165) is 83.2 Å². The zero-order chi connectivity index (χ0) is 42.6. The highest BCUT2D eigenvalue weighted by Crippen LogP contribution is 2.39. The summed E-state index contributed by atoms with van der Waals surface area (Å²) in [4.78, 5) is 19.5. The molecule has 0 N–H and O–H groups in total. The van der Waals surface area contributed by atoms with Crippen LogP contribution in [0.15, 0.2) is 170 Å². The Hall–Kier alpha value is -8.30. The van der Waals surface area contributed by atoms with Crippen LogP contribution in [0.2, 0.25) is 0 Å². The molecule has 11 rings (SSSR count). The molecule has 5 aromatic heterocycles. The summed E-state index contributed by atoms with van der Waals surface area (Å²) in [6.45, 7) is 6.12. The van der Waals surface area contributed by atoms with Crippen LogP contribution >= 0.6 is 0 Å². The second-order valence-electron chi connectivity index (χ2n) is 15.7. The third-order valence-corrected chi connectivity index (χ3v) is 11.5. The van der Waals surface area contributed by atoms with Crippen molar-refractivity contribution in [3.8, 4) is 63.0 Å². The minimum Gasteiger partial charge on any atom is -0.479 e. The van der Waals surface area contributed by atoms with Crippen LogP contribution in [0.1, 0.15) is 16.8 Å². The monoisotopic (exact) mass is 820 g/mol. The SMILES string of the molecule is COc1nc(-c2cccc(Oc3ccc4c5ccccc5n(-c5cc(C)ccn5)c4c3)c2)c(C)nc1-c1cccc(Oc2ccc3c4ccccc4n(-c4cc(C)ccn4)c3c2)c1. The van der Waals surface area contributed by atoms with Crippen LogP contribution in [0.3, 0.4) is 0 Å². The summed E-state index contributed by atoms with van der Waals surface area (Å²) in [5, 5.41) is 4.56. The number of pyridine rings is 2. The lowest BCUT2D eigenvalue weighted by molar-refractivity contribution is 0.398. The number of hydrogen-bond acceptors (Lipinski definition) is 7. The fraction of sp³-hybridized carbons (Fsp3) is 0.0741. The first-order valence-corrected chi connectivity index (χ1v) is 20.8. The smallest absolute Gasteiger partial charge is 0.240 e. The minimum atomic E-state index is 0.402. The fourth-order valence-electron chi connectivity index (χ4n) is 8.60. The molecule has 0 amide bonds. The molecular formula is C54H40N6O3. The molecule has 5 heterocycles. The number of rotatable bonds is 9. The standard InChI is InChI=1S/C54H40N6O3/c1-33-23-25-55-50(27-33)59-46-17-7-5-15-42(46)44-21-19-40(31-48(44)59)62-38-13-9-11-36(29-38)52-35(3)57-53(54(58-52)61-4)37-12-10-14-39(30-37)63-41-20-22-45-43-16-6-8-18-47(43)60(49(45)32-41)51-28-34(2)24-26-56-51/h5-32H,1-4H3. The van der Waals surface area contributed by atoms with Crippen LogP contribution in [-0.4, -0.2) is 36.2 Å². The third-order valence-electron chi connectivity index (χ3n) is 11.5. The van der Waals surface area contributed by atoms with Gasteiger partial charge in [-0.15, -0.1) is 0 Å². The molecule has 6 aromatic carbocycles. The van der Waals surface area contributed by atoms with Crippen molar-refractivity contribution in [2.45, 2.75) is 20.8 Å². The molecule has 9 nitrogen and oxygen atoms in total. The molecule has 0 aliphatic heterocycles. The largest absolute Gasteiger partial charge is 0.479 e. The van der Waals surface area contributed by atoms with Gasteiger partial charge in [0.15, 0.2) is 0 Å². The maximum absolute atomic E-state index is 6.55. The molecule has 0 aliphatic rings. The van der Waals surface area contributed by atoms with Gasteiger partial charge in [-0.2, -0.15) is 0 Å². The van der Waals surface area contributed by atoms with E-state index in [1.54, 1.807) is 7.11 Å². The molecule has 0 saturated carbocycles. The summed E-state index contributed by atoms with van der Waals surface area (Å²) in [5.74, 6) is 4.86. The van der Waals surface area contributed by atoms with Gasteiger partial charge in [-0.1, -0.05) is 60.7 Å². The summed E-state index contributed by atoms with van der Waals surface area (Å²) < 4.78 is 23.4. The van der Waals surface area contributed by atoms with Gasteiger partial charge in [-0.05, 0) is 117 Å². The van der Waals surface area contributed by atoms with Crippen LogP contribution in [0, 0.1) is 20.8 Å². The van der Waals surface area contributed by atoms with Crippen LogP contribution in [0.25, 0.3) is 77.8 Å². The van der Waals surface area contributed by atoms with Gasteiger partial charge in [-0.25, -0.2) is 19.9 Å². The van der Waals surface area contributed by atoms with Crippen molar-refractivity contribution in [1.29, 1.82) is 0 Å². The van der Waals surface area contributed by atoms with E-state index in [1.807, 2.05) is 92.1 Å². The average molecular weight is 821 g/mol. The molecule has 0 fully saturated rings. The lowest BCUT2D eigenvalue weighted by atomic mass is 10.1. The van der Waals surface area contributed by atoms with Gasteiger partial charge in [0.1, 0.15) is 40.3 Å². The minimum absolute atomic E-state index is 0.402. The number of ether oxygens (including phenoxy) is 3. The summed E-state index contributed by atoms with van der Waals surface area (Å²) in [7, 11) is 1.62. The van der Waals surface area contributed by atoms with E-state index in [9.17, 15) is 0 Å². The fourth-order valence-corrected chi connectivity index (χ4v) is 8.60. The maximum atomic E-state index is 6.55. The van der Waals surface area contributed by atoms with Crippen molar-refractivity contribution in [3.63, 3.8) is 0 Å². The van der Waals surface area contributed by atoms with Crippen molar-refractivity contribution >= 4 is 43.6 Å². The number of fused-ring (bicyclic) bond motifs is 6. The average Bonchev–Trinajstić information content (AvgIpc) is 3.81. The molecule has 0 atom stereocenters. The summed E-state index contributed by atoms with van der Waals surface area (Å²) in [5.41, 5.74) is 10.2. The Balaban J connectivity index is 0.894. The first-order valence-electron chi connectivity index (χ1n) is 20.8. The van der Waals surface area contributed by atoms with Gasteiger partial charge in [0, 0.05) is 57.2 Å². The number of hydrogen-bond donors (Lipinski definition) is 0. The summed E-state index contributed by atoms with van der Waals surface area (Å²) in [6, 6.07) is 53.2. The maximum Gasteiger partial charge on any atom is 0.240 e. The number of methoxy groups -OCH3 is 1. The van der Waals surface area contributed by atoms with Crippen molar-refractivity contribution < 1.29 is 14.2 Å². The number of para-hydroxylation sites is 2. The van der Waals surface area contributed by atoms with E-state index in [4.69, 9.17) is 34.1 Å². The van der Waals surface area contributed by atoms with Gasteiger partial charge in [-0.3, -0.25) is 9.13 Å². The number of nitrogens with zero attached hydrogens (tertiary/aromatic N) is 6. The Labute approximate surface area is 363 Å². The number of aryl methyl sites for hydroxylation is 3. The molecule has 63 heavy (non-hydrogen) atoms. The Morgan fingerprint density at radius 2 is 0.889 bits per heavy atom. The Bertz CT molecular complexity index is 3570. The summed E-state index contributed by atoms with van der Waals surface area (Å²) in [6.07, 6.45) is 3.70. The van der Waals surface area contributed by atoms with Crippen LogP contribution in [0.4, 0.5) is 0 Å². The molecule has 11 aromatic rings. The number of aromatic nitrogens is 6. The lowest BCUT2D eigenvalue weighted by Gasteiger charge is -2.14. The van der Waals surface area contributed by atoms with E-state index in [-0.39, 0.29) is 0 Å². The second-order valence-corrected chi connectivity index (χ2v) is 15.7. The molecule has 0 saturated heterocycles. The number of benzene rings is 6. The van der Waals surface area contributed by atoms with E-state index >= 15 is 0 Å². The Morgan fingerprint density at radius 3 is 1.40 bits per heavy atom. The Morgan fingerprint density at radius 1 is 0.413 bits per heavy atom. The Kier molecular flexibility index (Phi) is 9.16. The van der Waals surface area contributed by atoms with Gasteiger partial charge in [0.2, 0.25) is 5.88 Å². The highest BCUT2D eigenvalue weighted by molar-refractivity contribution is 6.10. The van der Waals surface area contributed by atoms with Gasteiger partial charge in [0.05, 0.1) is 40.6 Å². The quantitative estimate of drug-likeness (QED) is 0.143. The molecule has 0 aliphatic carbocycles. The molecule has 304 valence electrons. The van der Waals surface area contributed by atoms with Crippen molar-refractivity contribution in [2.75, 3.05) is 7.11 Å². The first kappa shape index (κ1) is 37.7. The van der Waals surface area contributed by atoms with E-state index < -0.39 is 0 Å². The third kappa shape index (κ3) is 6.76. The van der Waals surface area contributed by atoms with Gasteiger partial charge >= 0.3 is 0 Å². The summed E-state index contributed by atoms with van der Waals surface area (Å²) >= 11 is 0. The lowest BCUT2D eigenvalue weighted by Crippen LogP contribution is -2.01. The molecule has 0 unspecified atom stereocenters. The van der Waals surface area contributed by atoms with Crippen LogP contribution in [0.5, 0.6) is 28.9 Å². The van der Waals surface area contributed by atoms with Gasteiger partial charge in [0.25, 0.3) is 0 Å². The predicted molar refractivity (Wildman–Crippen MR) is 251 cm³/mol. The van der Waals surface area contributed by atoms with Gasteiger partial charge < -0.3 is 14.2 Å². The van der Waals surface area contributed by atoms with E-state index in [0.29, 0.717) is 40.3 Å². The van der Waals surface area contributed by atoms with Crippen molar-refractivity contribution in [1.82, 2.24) is 29.1 Å². The highest BCUT2D eigenvalue weighted by Gasteiger charge is 2.19. The van der Waals surface area contributed by atoms with Crippen molar-refractivity contribution in [2.24, 2.45) is 0 Å². The predicted octanol–water partition coefficient (Wildman–Crippen LogP) is 13.3. The van der Waals surface area contributed by atoms with Crippen LogP contribution < -0.4 is 14.2 Å². The second kappa shape index (κ2) is 15.3. The van der Waals surface area contributed by atoms with E-state index in [1.165, 1.54) is 0 Å².